The molecule has 0 radical (unpaired) electrons. The SMILES string of the molecule is Cn1c(C(=O)NC2(c3ccc(C(=O)O)cc3)CCOC2)cc2c(Cl)c(Cl)c(OCC3CNC(=O)O3)cc21. The van der Waals surface area contributed by atoms with Crippen LogP contribution < -0.4 is 15.4 Å². The van der Waals surface area contributed by atoms with E-state index in [1.54, 1.807) is 35.9 Å². The van der Waals surface area contributed by atoms with Gasteiger partial charge in [0.15, 0.2) is 6.10 Å². The molecule has 1 aromatic heterocycles. The number of ether oxygens (including phenoxy) is 3. The number of amides is 2. The molecule has 2 aromatic carbocycles. The zero-order valence-corrected chi connectivity index (χ0v) is 21.2. The molecule has 0 spiro atoms. The van der Waals surface area contributed by atoms with Gasteiger partial charge in [0.1, 0.15) is 23.1 Å². The van der Waals surface area contributed by atoms with Crippen molar-refractivity contribution in [2.45, 2.75) is 18.1 Å². The molecular weight excluding hydrogens is 525 g/mol. The van der Waals surface area contributed by atoms with E-state index in [2.05, 4.69) is 10.6 Å². The van der Waals surface area contributed by atoms with Crippen LogP contribution in [0.15, 0.2) is 36.4 Å². The predicted octanol–water partition coefficient (Wildman–Crippen LogP) is 3.72. The van der Waals surface area contributed by atoms with Crippen LogP contribution in [0, 0.1) is 0 Å². The van der Waals surface area contributed by atoms with E-state index < -0.39 is 23.7 Å². The third-order valence-corrected chi connectivity index (χ3v) is 7.52. The number of carbonyl (C=O) groups excluding carboxylic acids is 2. The molecule has 37 heavy (non-hydrogen) atoms. The average molecular weight is 548 g/mol. The van der Waals surface area contributed by atoms with E-state index in [-0.39, 0.29) is 34.7 Å². The molecule has 2 aliphatic rings. The molecule has 194 valence electrons. The molecule has 0 bridgehead atoms. The summed E-state index contributed by atoms with van der Waals surface area (Å²) in [7, 11) is 1.73. The number of aromatic nitrogens is 1. The second-order valence-corrected chi connectivity index (χ2v) is 9.72. The predicted molar refractivity (Wildman–Crippen MR) is 135 cm³/mol. The summed E-state index contributed by atoms with van der Waals surface area (Å²) < 4.78 is 18.2. The van der Waals surface area contributed by atoms with E-state index in [4.69, 9.17) is 37.4 Å². The number of aryl methyl sites for hydroxylation is 1. The minimum absolute atomic E-state index is 0.0846. The fourth-order valence-corrected chi connectivity index (χ4v) is 5.04. The molecule has 0 aliphatic carbocycles. The molecule has 2 saturated heterocycles. The van der Waals surface area contributed by atoms with E-state index in [1.165, 1.54) is 12.1 Å². The molecule has 12 heteroatoms. The number of benzene rings is 2. The van der Waals surface area contributed by atoms with Gasteiger partial charge >= 0.3 is 12.1 Å². The smallest absolute Gasteiger partial charge is 0.407 e. The van der Waals surface area contributed by atoms with Crippen molar-refractivity contribution >= 4 is 52.1 Å². The minimum atomic E-state index is -1.03. The van der Waals surface area contributed by atoms with Gasteiger partial charge in [0.05, 0.1) is 34.8 Å². The molecule has 3 aromatic rings. The summed E-state index contributed by atoms with van der Waals surface area (Å²) in [4.78, 5) is 36.0. The molecule has 0 saturated carbocycles. The van der Waals surface area contributed by atoms with Crippen molar-refractivity contribution in [2.75, 3.05) is 26.4 Å². The summed E-state index contributed by atoms with van der Waals surface area (Å²) in [6.45, 7) is 1.11. The molecule has 10 nitrogen and oxygen atoms in total. The van der Waals surface area contributed by atoms with Gasteiger partial charge in [-0.2, -0.15) is 0 Å². The van der Waals surface area contributed by atoms with Crippen LogP contribution >= 0.6 is 23.2 Å². The van der Waals surface area contributed by atoms with Crippen molar-refractivity contribution in [1.29, 1.82) is 0 Å². The number of fused-ring (bicyclic) bond motifs is 1. The Morgan fingerprint density at radius 2 is 2.00 bits per heavy atom. The third kappa shape index (κ3) is 4.68. The number of nitrogens with one attached hydrogen (secondary N) is 2. The Bertz CT molecular complexity index is 1400. The van der Waals surface area contributed by atoms with Gasteiger partial charge < -0.3 is 34.5 Å². The maximum atomic E-state index is 13.5. The maximum absolute atomic E-state index is 13.5. The van der Waals surface area contributed by atoms with Gasteiger partial charge in [-0.25, -0.2) is 9.59 Å². The number of carbonyl (C=O) groups is 3. The summed E-state index contributed by atoms with van der Waals surface area (Å²) in [6, 6.07) is 9.74. The molecule has 5 rings (SSSR count). The summed E-state index contributed by atoms with van der Waals surface area (Å²) in [6.07, 6.45) is -0.433. The van der Waals surface area contributed by atoms with Gasteiger partial charge in [-0.15, -0.1) is 0 Å². The van der Waals surface area contributed by atoms with Gasteiger partial charge in [-0.3, -0.25) is 4.79 Å². The van der Waals surface area contributed by atoms with Crippen LogP contribution in [0.25, 0.3) is 10.9 Å². The fraction of sp³-hybridized carbons (Fsp3) is 0.320. The Labute approximate surface area is 221 Å². The Kier molecular flexibility index (Phi) is 6.65. The first-order valence-corrected chi connectivity index (χ1v) is 12.2. The van der Waals surface area contributed by atoms with Crippen molar-refractivity contribution in [3.05, 3.63) is 63.3 Å². The number of hydrogen-bond acceptors (Lipinski definition) is 6. The van der Waals surface area contributed by atoms with Crippen molar-refractivity contribution in [1.82, 2.24) is 15.2 Å². The molecule has 2 atom stereocenters. The number of aromatic carboxylic acids is 1. The van der Waals surface area contributed by atoms with Gasteiger partial charge in [-0.05, 0) is 23.8 Å². The largest absolute Gasteiger partial charge is 0.488 e. The van der Waals surface area contributed by atoms with Gasteiger partial charge in [0.2, 0.25) is 0 Å². The summed E-state index contributed by atoms with van der Waals surface area (Å²) in [5.41, 5.74) is 1.06. The minimum Gasteiger partial charge on any atom is -0.488 e. The summed E-state index contributed by atoms with van der Waals surface area (Å²) in [5.74, 6) is -1.08. The highest BCUT2D eigenvalue weighted by Gasteiger charge is 2.39. The normalized spacial score (nSPS) is 21.1. The van der Waals surface area contributed by atoms with Crippen LogP contribution in [0.3, 0.4) is 0 Å². The van der Waals surface area contributed by atoms with Crippen LogP contribution in [-0.4, -0.2) is 60.1 Å². The highest BCUT2D eigenvalue weighted by atomic mass is 35.5. The quantitative estimate of drug-likeness (QED) is 0.411. The van der Waals surface area contributed by atoms with Crippen LogP contribution in [0.1, 0.15) is 32.8 Å². The second kappa shape index (κ2) is 9.77. The first-order chi connectivity index (χ1) is 17.7. The van der Waals surface area contributed by atoms with Crippen LogP contribution in [0.2, 0.25) is 10.0 Å². The Hall–Kier alpha value is -3.47. The van der Waals surface area contributed by atoms with Crippen molar-refractivity contribution in [2.24, 2.45) is 7.05 Å². The van der Waals surface area contributed by atoms with Gasteiger partial charge in [0.25, 0.3) is 5.91 Å². The monoisotopic (exact) mass is 547 g/mol. The maximum Gasteiger partial charge on any atom is 0.407 e. The molecular formula is C25H23Cl2N3O7. The molecule has 2 unspecified atom stereocenters. The van der Waals surface area contributed by atoms with Crippen molar-refractivity contribution < 1.29 is 33.7 Å². The summed E-state index contributed by atoms with van der Waals surface area (Å²) >= 11 is 13.0. The highest BCUT2D eigenvalue weighted by molar-refractivity contribution is 6.46. The number of hydrogen-bond donors (Lipinski definition) is 3. The second-order valence-electron chi connectivity index (χ2n) is 8.96. The van der Waals surface area contributed by atoms with E-state index in [9.17, 15) is 19.5 Å². The standard InChI is InChI=1S/C25H23Cl2N3O7/c1-30-17-9-19(36-11-15-10-28-24(34)37-15)21(27)20(26)16(17)8-18(30)22(31)29-25(6-7-35-12-25)14-4-2-13(3-5-14)23(32)33/h2-5,8-9,15H,6-7,10-12H2,1H3,(H,28,34)(H,29,31)(H,32,33). The van der Waals surface area contributed by atoms with Gasteiger partial charge in [0, 0.05) is 31.5 Å². The van der Waals surface area contributed by atoms with Gasteiger partial charge in [-0.1, -0.05) is 35.3 Å². The lowest BCUT2D eigenvalue weighted by Gasteiger charge is -2.29. The zero-order valence-electron chi connectivity index (χ0n) is 19.7. The van der Waals surface area contributed by atoms with E-state index >= 15 is 0 Å². The van der Waals surface area contributed by atoms with Crippen LogP contribution in [0.4, 0.5) is 4.79 Å². The lowest BCUT2D eigenvalue weighted by molar-refractivity contribution is 0.0696. The van der Waals surface area contributed by atoms with Crippen molar-refractivity contribution in [3.63, 3.8) is 0 Å². The fourth-order valence-electron chi connectivity index (χ4n) is 4.59. The number of cyclic esters (lactones) is 1. The lowest BCUT2D eigenvalue weighted by Crippen LogP contribution is -2.47. The average Bonchev–Trinajstić information content (AvgIpc) is 3.60. The Morgan fingerprint density at radius 1 is 1.24 bits per heavy atom. The Morgan fingerprint density at radius 3 is 2.62 bits per heavy atom. The van der Waals surface area contributed by atoms with Crippen LogP contribution in [0.5, 0.6) is 5.75 Å². The van der Waals surface area contributed by atoms with Crippen molar-refractivity contribution in [3.8, 4) is 5.75 Å². The highest BCUT2D eigenvalue weighted by Crippen LogP contribution is 2.40. The first-order valence-electron chi connectivity index (χ1n) is 11.5. The van der Waals surface area contributed by atoms with Crippen LogP contribution in [-0.2, 0) is 22.1 Å². The lowest BCUT2D eigenvalue weighted by atomic mass is 9.88. The number of rotatable bonds is 7. The number of halogens is 2. The summed E-state index contributed by atoms with van der Waals surface area (Å²) in [5, 5.41) is 15.8. The van der Waals surface area contributed by atoms with E-state index in [0.29, 0.717) is 41.9 Å². The number of alkyl carbamates (subject to hydrolysis) is 1. The number of carboxylic acids is 1. The zero-order chi connectivity index (χ0) is 26.3. The molecule has 2 fully saturated rings. The number of carboxylic acid groups (broad SMARTS) is 1. The van der Waals surface area contributed by atoms with E-state index in [0.717, 1.165) is 5.56 Å². The molecule has 3 heterocycles. The molecule has 2 amide bonds. The first kappa shape index (κ1) is 25.2. The topological polar surface area (TPSA) is 128 Å². The van der Waals surface area contributed by atoms with E-state index in [1.807, 2.05) is 0 Å². The molecule has 2 aliphatic heterocycles. The number of nitrogens with zero attached hydrogens (tertiary/aromatic N) is 1. The molecule has 3 N–H and O–H groups in total. The third-order valence-electron chi connectivity index (χ3n) is 6.66. The Balaban J connectivity index is 1.42.